The summed E-state index contributed by atoms with van der Waals surface area (Å²) in [5.74, 6) is 1.21. The number of furan rings is 1. The van der Waals surface area contributed by atoms with E-state index in [1.807, 2.05) is 0 Å². The molecule has 0 unspecified atom stereocenters. The minimum atomic E-state index is -3.92. The molecule has 0 saturated carbocycles. The van der Waals surface area contributed by atoms with Crippen molar-refractivity contribution in [2.24, 2.45) is 0 Å². The van der Waals surface area contributed by atoms with Gasteiger partial charge < -0.3 is 23.9 Å². The Morgan fingerprint density at radius 3 is 2.38 bits per heavy atom. The van der Waals surface area contributed by atoms with E-state index < -0.39 is 32.8 Å². The Morgan fingerprint density at radius 2 is 1.77 bits per heavy atom. The number of methoxy groups -OCH3 is 2. The standard InChI is InChI=1S/C25H27FN6O6S/c1-15-7-8-21(38-15)24-30-29-22(32(24)23-19(36-2)5-4-6-20(23)37-3)14-39(34,35)18-9-17(33)12-31(13-18)25-27-10-16(26)11-28-25/h4-8,10-11,17-18,33H,9,12-14H2,1-3H3/t17-,18-/m1/s1. The summed E-state index contributed by atoms with van der Waals surface area (Å²) >= 11 is 0. The average Bonchev–Trinajstić information content (AvgIpc) is 3.53. The van der Waals surface area contributed by atoms with Crippen molar-refractivity contribution in [3.05, 3.63) is 60.1 Å². The molecular weight excluding hydrogens is 531 g/mol. The molecule has 0 amide bonds. The van der Waals surface area contributed by atoms with E-state index >= 15 is 0 Å². The van der Waals surface area contributed by atoms with Gasteiger partial charge in [-0.2, -0.15) is 0 Å². The van der Waals surface area contributed by atoms with Crippen LogP contribution in [0.4, 0.5) is 10.3 Å². The van der Waals surface area contributed by atoms with Crippen LogP contribution in [-0.4, -0.2) is 76.9 Å². The van der Waals surface area contributed by atoms with Gasteiger partial charge in [-0.25, -0.2) is 22.8 Å². The molecule has 4 heterocycles. The number of halogens is 1. The van der Waals surface area contributed by atoms with E-state index in [1.54, 1.807) is 41.8 Å². The van der Waals surface area contributed by atoms with Gasteiger partial charge >= 0.3 is 0 Å². The number of hydrogen-bond acceptors (Lipinski definition) is 11. The number of benzene rings is 1. The van der Waals surface area contributed by atoms with E-state index in [2.05, 4.69) is 20.2 Å². The minimum Gasteiger partial charge on any atom is -0.494 e. The number of sulfone groups is 1. The van der Waals surface area contributed by atoms with Gasteiger partial charge in [0.2, 0.25) is 11.8 Å². The van der Waals surface area contributed by atoms with Gasteiger partial charge in [0.25, 0.3) is 0 Å². The predicted octanol–water partition coefficient (Wildman–Crippen LogP) is 2.34. The first-order valence-electron chi connectivity index (χ1n) is 12.0. The van der Waals surface area contributed by atoms with Crippen LogP contribution in [0.25, 0.3) is 17.3 Å². The van der Waals surface area contributed by atoms with Crippen LogP contribution in [0.3, 0.4) is 0 Å². The largest absolute Gasteiger partial charge is 0.494 e. The number of nitrogens with zero attached hydrogens (tertiary/aromatic N) is 6. The molecule has 1 aliphatic heterocycles. The van der Waals surface area contributed by atoms with Crippen LogP contribution >= 0.6 is 0 Å². The molecular formula is C25H27FN6O6S. The lowest BCUT2D eigenvalue weighted by atomic mass is 10.1. The molecule has 206 valence electrons. The monoisotopic (exact) mass is 558 g/mol. The smallest absolute Gasteiger partial charge is 0.225 e. The molecule has 0 bridgehead atoms. The number of aryl methyl sites for hydroxylation is 1. The number of rotatable bonds is 8. The molecule has 14 heteroatoms. The van der Waals surface area contributed by atoms with E-state index in [-0.39, 0.29) is 37.1 Å². The van der Waals surface area contributed by atoms with Crippen LogP contribution in [0, 0.1) is 12.7 Å². The summed E-state index contributed by atoms with van der Waals surface area (Å²) in [4.78, 5) is 9.40. The molecule has 1 N–H and O–H groups in total. The number of hydrogen-bond donors (Lipinski definition) is 1. The highest BCUT2D eigenvalue weighted by molar-refractivity contribution is 7.91. The third-order valence-electron chi connectivity index (χ3n) is 6.43. The first-order valence-corrected chi connectivity index (χ1v) is 13.8. The number of anilines is 1. The quantitative estimate of drug-likeness (QED) is 0.340. The van der Waals surface area contributed by atoms with Crippen LogP contribution in [0.5, 0.6) is 11.5 Å². The fraction of sp³-hybridized carbons (Fsp3) is 0.360. The van der Waals surface area contributed by atoms with E-state index in [4.69, 9.17) is 13.9 Å². The normalized spacial score (nSPS) is 17.8. The van der Waals surface area contributed by atoms with Crippen LogP contribution in [0.1, 0.15) is 18.0 Å². The van der Waals surface area contributed by atoms with Crippen LogP contribution < -0.4 is 14.4 Å². The topological polar surface area (TPSA) is 146 Å². The van der Waals surface area contributed by atoms with Crippen molar-refractivity contribution in [1.82, 2.24) is 24.7 Å². The number of para-hydroxylation sites is 1. The van der Waals surface area contributed by atoms with Gasteiger partial charge in [0, 0.05) is 13.1 Å². The summed E-state index contributed by atoms with van der Waals surface area (Å²) in [6.07, 6.45) is 1.04. The molecule has 1 fully saturated rings. The second-order valence-electron chi connectivity index (χ2n) is 9.12. The van der Waals surface area contributed by atoms with Crippen molar-refractivity contribution >= 4 is 15.8 Å². The van der Waals surface area contributed by atoms with Crippen molar-refractivity contribution in [2.45, 2.75) is 30.5 Å². The second kappa shape index (κ2) is 10.6. The van der Waals surface area contributed by atoms with Crippen molar-refractivity contribution in [3.8, 4) is 28.8 Å². The number of aliphatic hydroxyl groups excluding tert-OH is 1. The molecule has 0 aliphatic carbocycles. The molecule has 1 saturated heterocycles. The van der Waals surface area contributed by atoms with Gasteiger partial charge in [0.1, 0.15) is 28.7 Å². The lowest BCUT2D eigenvalue weighted by Gasteiger charge is -2.35. The van der Waals surface area contributed by atoms with Crippen molar-refractivity contribution < 1.29 is 31.8 Å². The zero-order valence-electron chi connectivity index (χ0n) is 21.5. The fourth-order valence-corrected chi connectivity index (χ4v) is 6.33. The molecule has 4 aromatic rings. The lowest BCUT2D eigenvalue weighted by Crippen LogP contribution is -2.49. The van der Waals surface area contributed by atoms with E-state index in [1.165, 1.54) is 19.1 Å². The summed E-state index contributed by atoms with van der Waals surface area (Å²) in [5, 5.41) is 18.0. The van der Waals surface area contributed by atoms with Crippen molar-refractivity contribution in [2.75, 3.05) is 32.2 Å². The summed E-state index contributed by atoms with van der Waals surface area (Å²) in [7, 11) is -0.936. The van der Waals surface area contributed by atoms with Gasteiger partial charge in [0.15, 0.2) is 27.2 Å². The second-order valence-corrected chi connectivity index (χ2v) is 11.4. The van der Waals surface area contributed by atoms with E-state index in [0.717, 1.165) is 12.4 Å². The Balaban J connectivity index is 1.55. The molecule has 12 nitrogen and oxygen atoms in total. The lowest BCUT2D eigenvalue weighted by molar-refractivity contribution is 0.154. The predicted molar refractivity (Wildman–Crippen MR) is 138 cm³/mol. The first kappa shape index (κ1) is 26.6. The van der Waals surface area contributed by atoms with Gasteiger partial charge in [-0.1, -0.05) is 6.07 Å². The van der Waals surface area contributed by atoms with Crippen LogP contribution in [0.2, 0.25) is 0 Å². The van der Waals surface area contributed by atoms with Crippen LogP contribution in [-0.2, 0) is 15.6 Å². The average molecular weight is 559 g/mol. The van der Waals surface area contributed by atoms with Gasteiger partial charge in [-0.15, -0.1) is 10.2 Å². The summed E-state index contributed by atoms with van der Waals surface area (Å²) in [5.41, 5.74) is 0.409. The minimum absolute atomic E-state index is 0.0103. The molecule has 1 aromatic carbocycles. The highest BCUT2D eigenvalue weighted by Gasteiger charge is 2.37. The van der Waals surface area contributed by atoms with Crippen LogP contribution in [0.15, 0.2) is 47.1 Å². The number of β-amino-alcohol motifs (C(OH)–C–C–N with tert-alkyl or cyclic N) is 1. The zero-order chi connectivity index (χ0) is 27.7. The molecule has 2 atom stereocenters. The Morgan fingerprint density at radius 1 is 1.08 bits per heavy atom. The molecule has 0 spiro atoms. The molecule has 3 aromatic heterocycles. The Kier molecular flexibility index (Phi) is 7.23. The Bertz CT molecular complexity index is 1550. The van der Waals surface area contributed by atoms with Gasteiger partial charge in [-0.3, -0.25) is 4.57 Å². The van der Waals surface area contributed by atoms with Gasteiger partial charge in [-0.05, 0) is 37.6 Å². The number of aromatic nitrogens is 5. The molecule has 39 heavy (non-hydrogen) atoms. The molecule has 5 rings (SSSR count). The maximum Gasteiger partial charge on any atom is 0.225 e. The summed E-state index contributed by atoms with van der Waals surface area (Å²) in [6, 6.07) is 8.65. The highest BCUT2D eigenvalue weighted by Crippen LogP contribution is 2.37. The zero-order valence-corrected chi connectivity index (χ0v) is 22.3. The third kappa shape index (κ3) is 5.29. The van der Waals surface area contributed by atoms with Crippen molar-refractivity contribution in [3.63, 3.8) is 0 Å². The molecule has 1 aliphatic rings. The highest BCUT2D eigenvalue weighted by atomic mass is 32.2. The van der Waals surface area contributed by atoms with Crippen molar-refractivity contribution in [1.29, 1.82) is 0 Å². The fourth-order valence-electron chi connectivity index (χ4n) is 4.63. The summed E-state index contributed by atoms with van der Waals surface area (Å²) < 4.78 is 59.4. The summed E-state index contributed by atoms with van der Waals surface area (Å²) in [6.45, 7) is 1.92. The van der Waals surface area contributed by atoms with E-state index in [0.29, 0.717) is 28.7 Å². The SMILES string of the molecule is COc1cccc(OC)c1-n1c(CS(=O)(=O)[C@@H]2C[C@@H](O)CN(c3ncc(F)cn3)C2)nnc1-c1ccc(C)o1. The number of piperidine rings is 1. The Labute approximate surface area is 224 Å². The number of aliphatic hydroxyl groups is 1. The number of ether oxygens (including phenoxy) is 2. The first-order chi connectivity index (χ1) is 18.7. The maximum absolute atomic E-state index is 13.8. The Hall–Kier alpha value is -4.04. The third-order valence-corrected chi connectivity index (χ3v) is 8.45. The van der Waals surface area contributed by atoms with E-state index in [9.17, 15) is 17.9 Å². The molecule has 0 radical (unpaired) electrons. The maximum atomic E-state index is 13.8. The van der Waals surface area contributed by atoms with Gasteiger partial charge in [0.05, 0.1) is 38.0 Å².